The van der Waals surface area contributed by atoms with Crippen LogP contribution in [0, 0.1) is 5.92 Å². The van der Waals surface area contributed by atoms with Gasteiger partial charge < -0.3 is 14.7 Å². The number of hydrogen-bond donors (Lipinski definition) is 0. The third kappa shape index (κ3) is 5.36. The monoisotopic (exact) mass is 423 g/mol. The van der Waals surface area contributed by atoms with E-state index >= 15 is 0 Å². The van der Waals surface area contributed by atoms with Crippen LogP contribution in [-0.4, -0.2) is 57.9 Å². The highest BCUT2D eigenvalue weighted by atomic mass is 32.2. The molecule has 30 heavy (non-hydrogen) atoms. The minimum atomic E-state index is 0.139. The van der Waals surface area contributed by atoms with Gasteiger partial charge in [-0.1, -0.05) is 60.7 Å². The second kappa shape index (κ2) is 10.0. The van der Waals surface area contributed by atoms with Gasteiger partial charge in [0.2, 0.25) is 5.91 Å². The first kappa shape index (κ1) is 20.8. The highest BCUT2D eigenvalue weighted by Crippen LogP contribution is 2.24. The van der Waals surface area contributed by atoms with E-state index in [-0.39, 0.29) is 17.9 Å². The zero-order valence-corrected chi connectivity index (χ0v) is 18.1. The van der Waals surface area contributed by atoms with Gasteiger partial charge in [0, 0.05) is 44.9 Å². The molecule has 0 aromatic heterocycles. The molecule has 158 valence electrons. The van der Waals surface area contributed by atoms with Gasteiger partial charge >= 0.3 is 6.03 Å². The van der Waals surface area contributed by atoms with E-state index in [0.717, 1.165) is 42.3 Å². The van der Waals surface area contributed by atoms with Crippen molar-refractivity contribution in [1.29, 1.82) is 0 Å². The third-order valence-electron chi connectivity index (χ3n) is 5.83. The summed E-state index contributed by atoms with van der Waals surface area (Å²) in [7, 11) is 0. The average molecular weight is 424 g/mol. The molecule has 4 rings (SSSR count). The standard InChI is InChI=1S/C24H29N3O2S/c28-23(15-22-11-12-25(18-22)24(29)26-13-14-30-19-26)27(16-20-7-3-1-4-8-20)17-21-9-5-2-6-10-21/h1-10,22H,11-19H2. The lowest BCUT2D eigenvalue weighted by Crippen LogP contribution is -2.40. The van der Waals surface area contributed by atoms with Crippen LogP contribution in [0.25, 0.3) is 0 Å². The Morgan fingerprint density at radius 3 is 2.10 bits per heavy atom. The van der Waals surface area contributed by atoms with E-state index in [1.807, 2.05) is 51.1 Å². The van der Waals surface area contributed by atoms with Crippen LogP contribution >= 0.6 is 11.8 Å². The lowest BCUT2D eigenvalue weighted by molar-refractivity contribution is -0.133. The van der Waals surface area contributed by atoms with Gasteiger partial charge in [0.05, 0.1) is 5.88 Å². The quantitative estimate of drug-likeness (QED) is 0.704. The summed E-state index contributed by atoms with van der Waals surface area (Å²) in [4.78, 5) is 31.7. The smallest absolute Gasteiger partial charge is 0.320 e. The van der Waals surface area contributed by atoms with Crippen LogP contribution in [0.2, 0.25) is 0 Å². The molecular weight excluding hydrogens is 394 g/mol. The Kier molecular flexibility index (Phi) is 6.95. The van der Waals surface area contributed by atoms with Gasteiger partial charge in [0.25, 0.3) is 0 Å². The molecule has 2 aromatic carbocycles. The van der Waals surface area contributed by atoms with Crippen molar-refractivity contribution in [3.05, 3.63) is 71.8 Å². The summed E-state index contributed by atoms with van der Waals surface area (Å²) >= 11 is 1.80. The number of rotatable bonds is 6. The molecule has 0 bridgehead atoms. The van der Waals surface area contributed by atoms with Crippen molar-refractivity contribution in [2.45, 2.75) is 25.9 Å². The summed E-state index contributed by atoms with van der Waals surface area (Å²) in [5.74, 6) is 2.22. The summed E-state index contributed by atoms with van der Waals surface area (Å²) in [6.45, 7) is 3.50. The van der Waals surface area contributed by atoms with Gasteiger partial charge in [-0.05, 0) is 23.5 Å². The molecule has 2 aromatic rings. The second-order valence-electron chi connectivity index (χ2n) is 8.11. The topological polar surface area (TPSA) is 43.9 Å². The predicted octanol–water partition coefficient (Wildman–Crippen LogP) is 4.05. The van der Waals surface area contributed by atoms with Crippen molar-refractivity contribution >= 4 is 23.7 Å². The molecule has 0 saturated carbocycles. The SMILES string of the molecule is O=C(CC1CCN(C(=O)N2CCSC2)C1)N(Cc1ccccc1)Cc1ccccc1. The number of likely N-dealkylation sites (tertiary alicyclic amines) is 1. The first-order valence-electron chi connectivity index (χ1n) is 10.7. The van der Waals surface area contributed by atoms with Crippen molar-refractivity contribution in [3.8, 4) is 0 Å². The van der Waals surface area contributed by atoms with Crippen LogP contribution < -0.4 is 0 Å². The van der Waals surface area contributed by atoms with Gasteiger partial charge in [-0.15, -0.1) is 11.8 Å². The van der Waals surface area contributed by atoms with Crippen molar-refractivity contribution in [2.75, 3.05) is 31.3 Å². The van der Waals surface area contributed by atoms with E-state index in [1.165, 1.54) is 0 Å². The van der Waals surface area contributed by atoms with Crippen LogP contribution in [0.4, 0.5) is 4.79 Å². The number of urea groups is 1. The summed E-state index contributed by atoms with van der Waals surface area (Å²) < 4.78 is 0. The fraction of sp³-hybridized carbons (Fsp3) is 0.417. The molecule has 6 heteroatoms. The Balaban J connectivity index is 1.38. The zero-order chi connectivity index (χ0) is 20.8. The fourth-order valence-electron chi connectivity index (χ4n) is 4.15. The lowest BCUT2D eigenvalue weighted by atomic mass is 10.0. The van der Waals surface area contributed by atoms with Crippen LogP contribution in [0.3, 0.4) is 0 Å². The Morgan fingerprint density at radius 1 is 0.900 bits per heavy atom. The molecule has 2 saturated heterocycles. The molecule has 1 unspecified atom stereocenters. The highest BCUT2D eigenvalue weighted by molar-refractivity contribution is 7.99. The molecule has 0 spiro atoms. The zero-order valence-electron chi connectivity index (χ0n) is 17.3. The molecule has 1 atom stereocenters. The molecule has 3 amide bonds. The Bertz CT molecular complexity index is 799. The van der Waals surface area contributed by atoms with Gasteiger partial charge in [-0.3, -0.25) is 4.79 Å². The van der Waals surface area contributed by atoms with Crippen LogP contribution in [0.1, 0.15) is 24.0 Å². The van der Waals surface area contributed by atoms with Crippen LogP contribution in [0.15, 0.2) is 60.7 Å². The first-order valence-corrected chi connectivity index (χ1v) is 11.8. The van der Waals surface area contributed by atoms with Crippen molar-refractivity contribution in [1.82, 2.24) is 14.7 Å². The van der Waals surface area contributed by atoms with E-state index in [4.69, 9.17) is 0 Å². The highest BCUT2D eigenvalue weighted by Gasteiger charge is 2.32. The fourth-order valence-corrected chi connectivity index (χ4v) is 5.09. The van der Waals surface area contributed by atoms with Gasteiger partial charge in [-0.2, -0.15) is 0 Å². The van der Waals surface area contributed by atoms with Gasteiger partial charge in [0.1, 0.15) is 0 Å². The molecule has 2 aliphatic heterocycles. The number of hydrogen-bond acceptors (Lipinski definition) is 3. The van der Waals surface area contributed by atoms with Crippen molar-refractivity contribution in [2.24, 2.45) is 5.92 Å². The largest absolute Gasteiger partial charge is 0.334 e. The Morgan fingerprint density at radius 2 is 1.53 bits per heavy atom. The molecule has 5 nitrogen and oxygen atoms in total. The van der Waals surface area contributed by atoms with E-state index < -0.39 is 0 Å². The van der Waals surface area contributed by atoms with Crippen molar-refractivity contribution in [3.63, 3.8) is 0 Å². The average Bonchev–Trinajstić information content (AvgIpc) is 3.47. The molecule has 0 radical (unpaired) electrons. The number of thioether (sulfide) groups is 1. The van der Waals surface area contributed by atoms with Crippen LogP contribution in [-0.2, 0) is 17.9 Å². The van der Waals surface area contributed by atoms with E-state index in [0.29, 0.717) is 26.1 Å². The number of amides is 3. The second-order valence-corrected chi connectivity index (χ2v) is 9.18. The summed E-state index contributed by atoms with van der Waals surface area (Å²) in [5, 5.41) is 0. The maximum absolute atomic E-state index is 13.2. The molecular formula is C24H29N3O2S. The molecule has 2 fully saturated rings. The first-order chi connectivity index (χ1) is 14.7. The summed E-state index contributed by atoms with van der Waals surface area (Å²) in [6.07, 6.45) is 1.40. The summed E-state index contributed by atoms with van der Waals surface area (Å²) in [5.41, 5.74) is 2.27. The van der Waals surface area contributed by atoms with Gasteiger partial charge in [-0.25, -0.2) is 4.79 Å². The van der Waals surface area contributed by atoms with E-state index in [2.05, 4.69) is 24.3 Å². The molecule has 2 heterocycles. The van der Waals surface area contributed by atoms with E-state index in [9.17, 15) is 9.59 Å². The Labute approximate surface area is 183 Å². The van der Waals surface area contributed by atoms with Crippen LogP contribution in [0.5, 0.6) is 0 Å². The molecule has 2 aliphatic rings. The number of carbonyl (C=O) groups excluding carboxylic acids is 2. The minimum absolute atomic E-state index is 0.139. The predicted molar refractivity (Wildman–Crippen MR) is 121 cm³/mol. The normalized spacial score (nSPS) is 18.6. The maximum Gasteiger partial charge on any atom is 0.320 e. The number of carbonyl (C=O) groups is 2. The number of benzene rings is 2. The van der Waals surface area contributed by atoms with Gasteiger partial charge in [0.15, 0.2) is 0 Å². The maximum atomic E-state index is 13.2. The molecule has 0 N–H and O–H groups in total. The third-order valence-corrected chi connectivity index (χ3v) is 6.79. The lowest BCUT2D eigenvalue weighted by Gasteiger charge is -2.25. The van der Waals surface area contributed by atoms with E-state index in [1.54, 1.807) is 11.8 Å². The summed E-state index contributed by atoms with van der Waals surface area (Å²) in [6, 6.07) is 20.4. The van der Waals surface area contributed by atoms with Crippen molar-refractivity contribution < 1.29 is 9.59 Å². The number of nitrogens with zero attached hydrogens (tertiary/aromatic N) is 3. The minimum Gasteiger partial charge on any atom is -0.334 e. The molecule has 0 aliphatic carbocycles. The Hall–Kier alpha value is -2.47.